The predicted molar refractivity (Wildman–Crippen MR) is 59.1 cm³/mol. The number of aromatic nitrogens is 1. The maximum Gasteiger partial charge on any atom is 0.0705 e. The molecule has 0 aliphatic rings. The molecule has 15 heavy (non-hydrogen) atoms. The van der Waals surface area contributed by atoms with Crippen LogP contribution in [0.1, 0.15) is 11.3 Å². The van der Waals surface area contributed by atoms with Crippen molar-refractivity contribution in [1.29, 1.82) is 0 Å². The summed E-state index contributed by atoms with van der Waals surface area (Å²) >= 11 is -2.08. The van der Waals surface area contributed by atoms with Crippen molar-refractivity contribution >= 4 is 22.0 Å². The standard InChI is InChI=1S/C11H11NO2S/c1-8-2-5-11-9(6-8)3-4-10(12-11)7-15(13)14/h2-6H,7H2,1H3,(H,13,14)/p-1. The zero-order valence-corrected chi connectivity index (χ0v) is 9.08. The molecule has 4 heteroatoms. The maximum atomic E-state index is 10.5. The fourth-order valence-corrected chi connectivity index (χ4v) is 1.89. The molecule has 1 aromatic heterocycles. The number of rotatable bonds is 2. The maximum absolute atomic E-state index is 10.5. The normalized spacial score (nSPS) is 12.9. The highest BCUT2D eigenvalue weighted by Gasteiger charge is 1.98. The summed E-state index contributed by atoms with van der Waals surface area (Å²) in [6.07, 6.45) is 0. The SMILES string of the molecule is Cc1ccc2nc(CS(=O)[O-])ccc2c1. The number of fused-ring (bicyclic) bond motifs is 1. The topological polar surface area (TPSA) is 53.0 Å². The van der Waals surface area contributed by atoms with E-state index in [0.717, 1.165) is 10.9 Å². The lowest BCUT2D eigenvalue weighted by Gasteiger charge is -2.05. The summed E-state index contributed by atoms with van der Waals surface area (Å²) in [5.41, 5.74) is 2.59. The van der Waals surface area contributed by atoms with Gasteiger partial charge in [-0.15, -0.1) is 0 Å². The van der Waals surface area contributed by atoms with E-state index in [9.17, 15) is 8.76 Å². The van der Waals surface area contributed by atoms with Crippen LogP contribution in [0.3, 0.4) is 0 Å². The first-order valence-corrected chi connectivity index (χ1v) is 5.82. The highest BCUT2D eigenvalue weighted by Crippen LogP contribution is 2.14. The smallest absolute Gasteiger partial charge is 0.0705 e. The molecule has 0 saturated carbocycles. The molecule has 0 saturated heterocycles. The summed E-state index contributed by atoms with van der Waals surface area (Å²) in [4.78, 5) is 4.26. The lowest BCUT2D eigenvalue weighted by Crippen LogP contribution is -1.96. The molecule has 0 amide bonds. The Hall–Kier alpha value is -1.26. The molecule has 0 radical (unpaired) electrons. The highest BCUT2D eigenvalue weighted by molar-refractivity contribution is 7.78. The summed E-state index contributed by atoms with van der Waals surface area (Å²) < 4.78 is 21.0. The molecular formula is C11H10NO2S-. The van der Waals surface area contributed by atoms with Gasteiger partial charge in [-0.25, -0.2) is 0 Å². The fourth-order valence-electron chi connectivity index (χ4n) is 1.49. The molecule has 78 valence electrons. The van der Waals surface area contributed by atoms with Crippen molar-refractivity contribution in [3.05, 3.63) is 41.6 Å². The molecule has 2 rings (SSSR count). The molecule has 0 aliphatic heterocycles. The third-order valence-corrected chi connectivity index (χ3v) is 2.70. The van der Waals surface area contributed by atoms with E-state index in [1.54, 1.807) is 6.07 Å². The van der Waals surface area contributed by atoms with Crippen LogP contribution in [0, 0.1) is 6.92 Å². The van der Waals surface area contributed by atoms with Gasteiger partial charge in [0.15, 0.2) is 0 Å². The average Bonchev–Trinajstić information content (AvgIpc) is 2.17. The van der Waals surface area contributed by atoms with Gasteiger partial charge in [0.25, 0.3) is 0 Å². The van der Waals surface area contributed by atoms with E-state index in [0.29, 0.717) is 5.69 Å². The molecule has 1 atom stereocenters. The van der Waals surface area contributed by atoms with Crippen molar-refractivity contribution in [1.82, 2.24) is 4.98 Å². The summed E-state index contributed by atoms with van der Waals surface area (Å²) in [5, 5.41) is 1.04. The van der Waals surface area contributed by atoms with Crippen LogP contribution < -0.4 is 0 Å². The van der Waals surface area contributed by atoms with E-state index >= 15 is 0 Å². The van der Waals surface area contributed by atoms with Crippen LogP contribution in [0.4, 0.5) is 0 Å². The minimum Gasteiger partial charge on any atom is -0.772 e. The summed E-state index contributed by atoms with van der Waals surface area (Å²) in [5.74, 6) is -0.0240. The number of aryl methyl sites for hydroxylation is 1. The summed E-state index contributed by atoms with van der Waals surface area (Å²) in [6, 6.07) is 9.55. The Labute approximate surface area is 90.4 Å². The Bertz CT molecular complexity index is 525. The molecular weight excluding hydrogens is 210 g/mol. The number of hydrogen-bond donors (Lipinski definition) is 0. The predicted octanol–water partition coefficient (Wildman–Crippen LogP) is 1.92. The Kier molecular flexibility index (Phi) is 2.79. The second-order valence-electron chi connectivity index (χ2n) is 3.45. The van der Waals surface area contributed by atoms with Crippen molar-refractivity contribution in [2.75, 3.05) is 0 Å². The van der Waals surface area contributed by atoms with Gasteiger partial charge in [0.2, 0.25) is 0 Å². The fraction of sp³-hybridized carbons (Fsp3) is 0.182. The van der Waals surface area contributed by atoms with Gasteiger partial charge in [0.1, 0.15) is 0 Å². The van der Waals surface area contributed by atoms with Gasteiger partial charge in [0, 0.05) is 5.39 Å². The van der Waals surface area contributed by atoms with Gasteiger partial charge in [-0.1, -0.05) is 17.7 Å². The lowest BCUT2D eigenvalue weighted by atomic mass is 10.1. The largest absolute Gasteiger partial charge is 0.772 e. The Morgan fingerprint density at radius 2 is 2.13 bits per heavy atom. The molecule has 1 aromatic carbocycles. The summed E-state index contributed by atoms with van der Waals surface area (Å²) in [6.45, 7) is 2.01. The van der Waals surface area contributed by atoms with Crippen molar-refractivity contribution in [2.24, 2.45) is 0 Å². The van der Waals surface area contributed by atoms with Gasteiger partial charge < -0.3 is 4.55 Å². The van der Waals surface area contributed by atoms with Crippen molar-refractivity contribution < 1.29 is 8.76 Å². The minimum atomic E-state index is -2.08. The van der Waals surface area contributed by atoms with Crippen LogP contribution in [-0.2, 0) is 16.8 Å². The van der Waals surface area contributed by atoms with Gasteiger partial charge in [-0.05, 0) is 36.2 Å². The summed E-state index contributed by atoms with van der Waals surface area (Å²) in [7, 11) is 0. The van der Waals surface area contributed by atoms with Crippen LogP contribution in [0.25, 0.3) is 10.9 Å². The first kappa shape index (κ1) is 10.3. The van der Waals surface area contributed by atoms with Crippen LogP contribution in [0.15, 0.2) is 30.3 Å². The van der Waals surface area contributed by atoms with E-state index in [2.05, 4.69) is 4.98 Å². The van der Waals surface area contributed by atoms with Crippen LogP contribution in [-0.4, -0.2) is 13.7 Å². The van der Waals surface area contributed by atoms with Gasteiger partial charge in [-0.2, -0.15) is 0 Å². The number of hydrogen-bond acceptors (Lipinski definition) is 3. The minimum absolute atomic E-state index is 0.0240. The van der Waals surface area contributed by atoms with E-state index in [1.807, 2.05) is 31.2 Å². The molecule has 1 heterocycles. The second-order valence-corrected chi connectivity index (χ2v) is 4.34. The van der Waals surface area contributed by atoms with Crippen molar-refractivity contribution in [3.8, 4) is 0 Å². The number of benzene rings is 1. The Morgan fingerprint density at radius 1 is 1.33 bits per heavy atom. The van der Waals surface area contributed by atoms with Crippen molar-refractivity contribution in [3.63, 3.8) is 0 Å². The first-order chi connectivity index (χ1) is 7.15. The zero-order chi connectivity index (χ0) is 10.8. The third-order valence-electron chi connectivity index (χ3n) is 2.17. The van der Waals surface area contributed by atoms with Crippen LogP contribution in [0.2, 0.25) is 0 Å². The second kappa shape index (κ2) is 4.08. The molecule has 3 nitrogen and oxygen atoms in total. The molecule has 0 N–H and O–H groups in total. The number of pyridine rings is 1. The monoisotopic (exact) mass is 220 g/mol. The third kappa shape index (κ3) is 2.40. The van der Waals surface area contributed by atoms with Gasteiger partial charge in [0.05, 0.1) is 17.0 Å². The van der Waals surface area contributed by atoms with Gasteiger partial charge in [-0.3, -0.25) is 9.19 Å². The number of nitrogens with zero attached hydrogens (tertiary/aromatic N) is 1. The molecule has 1 unspecified atom stereocenters. The Balaban J connectivity index is 2.47. The Morgan fingerprint density at radius 3 is 2.87 bits per heavy atom. The lowest BCUT2D eigenvalue weighted by molar-refractivity contribution is 0.535. The highest BCUT2D eigenvalue weighted by atomic mass is 32.2. The molecule has 0 fully saturated rings. The van der Waals surface area contributed by atoms with E-state index in [-0.39, 0.29) is 5.75 Å². The zero-order valence-electron chi connectivity index (χ0n) is 8.27. The van der Waals surface area contributed by atoms with Crippen LogP contribution >= 0.6 is 0 Å². The van der Waals surface area contributed by atoms with E-state index in [4.69, 9.17) is 0 Å². The molecule has 0 aliphatic carbocycles. The van der Waals surface area contributed by atoms with Crippen molar-refractivity contribution in [2.45, 2.75) is 12.7 Å². The quantitative estimate of drug-likeness (QED) is 0.726. The molecule has 2 aromatic rings. The van der Waals surface area contributed by atoms with E-state index < -0.39 is 11.1 Å². The van der Waals surface area contributed by atoms with Gasteiger partial charge >= 0.3 is 0 Å². The van der Waals surface area contributed by atoms with E-state index in [1.165, 1.54) is 5.56 Å². The molecule has 0 bridgehead atoms. The van der Waals surface area contributed by atoms with Crippen LogP contribution in [0.5, 0.6) is 0 Å². The average molecular weight is 220 g/mol. The molecule has 0 spiro atoms. The first-order valence-electron chi connectivity index (χ1n) is 4.57.